The number of hydrogen-bond donors (Lipinski definition) is 2. The number of carbonyl (C=O) groups excluding carboxylic acids is 1. The fraction of sp³-hybridized carbons (Fsp3) is 0.296. The van der Waals surface area contributed by atoms with Crippen molar-refractivity contribution in [3.05, 3.63) is 83.8 Å². The molecule has 2 aliphatic heterocycles. The van der Waals surface area contributed by atoms with Gasteiger partial charge in [-0.05, 0) is 61.7 Å². The number of aromatic nitrogens is 3. The van der Waals surface area contributed by atoms with E-state index in [4.69, 9.17) is 0 Å². The summed E-state index contributed by atoms with van der Waals surface area (Å²) in [5.74, 6) is -1.34. The summed E-state index contributed by atoms with van der Waals surface area (Å²) in [6.45, 7) is 1.63. The van der Waals surface area contributed by atoms with Crippen LogP contribution in [0.4, 0.5) is 20.3 Å². The lowest BCUT2D eigenvalue weighted by molar-refractivity contribution is 0.0983. The fourth-order valence-corrected chi connectivity index (χ4v) is 6.31. The third-order valence-corrected chi connectivity index (χ3v) is 8.71. The minimum Gasteiger partial charge on any atom is -0.391 e. The van der Waals surface area contributed by atoms with Crippen LogP contribution in [-0.2, 0) is 10.0 Å². The van der Waals surface area contributed by atoms with E-state index in [0.717, 1.165) is 18.6 Å². The number of β-amino-alcohol motifs (C(OH)–C–C–N with tert-alkyl or cyclic N) is 1. The van der Waals surface area contributed by atoms with Gasteiger partial charge in [0.15, 0.2) is 0 Å². The molecule has 0 bridgehead atoms. The van der Waals surface area contributed by atoms with Crippen molar-refractivity contribution in [3.63, 3.8) is 0 Å². The van der Waals surface area contributed by atoms with Crippen LogP contribution in [0.5, 0.6) is 0 Å². The maximum absolute atomic E-state index is 14.6. The van der Waals surface area contributed by atoms with Crippen molar-refractivity contribution >= 4 is 33.0 Å². The van der Waals surface area contributed by atoms with Crippen molar-refractivity contribution in [3.8, 4) is 0 Å². The van der Waals surface area contributed by atoms with Crippen LogP contribution in [0.1, 0.15) is 41.2 Å². The van der Waals surface area contributed by atoms with Crippen molar-refractivity contribution in [2.75, 3.05) is 29.4 Å². The number of sulfonamides is 1. The number of nitrogens with one attached hydrogen (secondary N) is 1. The van der Waals surface area contributed by atoms with Crippen LogP contribution in [0.15, 0.2) is 66.0 Å². The topological polar surface area (TPSA) is 120 Å². The van der Waals surface area contributed by atoms with Crippen molar-refractivity contribution in [1.29, 1.82) is 0 Å². The minimum atomic E-state index is -4.24. The Labute approximate surface area is 228 Å². The predicted octanol–water partition coefficient (Wildman–Crippen LogP) is 3.04. The second-order valence-corrected chi connectivity index (χ2v) is 11.6. The molecule has 13 heteroatoms. The summed E-state index contributed by atoms with van der Waals surface area (Å²) in [6.07, 6.45) is 5.63. The average Bonchev–Trinajstić information content (AvgIpc) is 3.69. The first-order valence-corrected chi connectivity index (χ1v) is 14.3. The molecule has 2 N–H and O–H groups in total. The molecule has 2 fully saturated rings. The molecule has 2 atom stereocenters. The zero-order valence-corrected chi connectivity index (χ0v) is 22.1. The monoisotopic (exact) mass is 568 g/mol. The van der Waals surface area contributed by atoms with Crippen LogP contribution >= 0.6 is 0 Å². The van der Waals surface area contributed by atoms with Gasteiger partial charge in [-0.2, -0.15) is 5.10 Å². The van der Waals surface area contributed by atoms with Crippen molar-refractivity contribution in [2.45, 2.75) is 36.3 Å². The van der Waals surface area contributed by atoms with Gasteiger partial charge in [0.25, 0.3) is 15.9 Å². The highest BCUT2D eigenvalue weighted by molar-refractivity contribution is 7.90. The summed E-state index contributed by atoms with van der Waals surface area (Å²) in [5.41, 5.74) is 1.32. The molecule has 4 aromatic rings. The molecule has 40 heavy (non-hydrogen) atoms. The molecule has 0 aliphatic carbocycles. The summed E-state index contributed by atoms with van der Waals surface area (Å²) in [6, 6.07) is 9.35. The van der Waals surface area contributed by atoms with E-state index in [1.807, 2.05) is 9.80 Å². The lowest BCUT2D eigenvalue weighted by Crippen LogP contribution is -2.31. The number of rotatable bonds is 6. The Morgan fingerprint density at radius 2 is 1.90 bits per heavy atom. The highest BCUT2D eigenvalue weighted by Crippen LogP contribution is 2.38. The number of aliphatic hydroxyl groups excluding tert-OH is 1. The Morgan fingerprint density at radius 3 is 2.65 bits per heavy atom. The van der Waals surface area contributed by atoms with Gasteiger partial charge in [-0.25, -0.2) is 31.4 Å². The van der Waals surface area contributed by atoms with E-state index in [1.165, 1.54) is 35.1 Å². The van der Waals surface area contributed by atoms with Gasteiger partial charge in [-0.1, -0.05) is 0 Å². The first-order chi connectivity index (χ1) is 19.2. The molecular weight excluding hydrogens is 542 g/mol. The third kappa shape index (κ3) is 4.86. The molecule has 0 saturated carbocycles. The summed E-state index contributed by atoms with van der Waals surface area (Å²) >= 11 is 0. The van der Waals surface area contributed by atoms with Gasteiger partial charge in [0, 0.05) is 43.3 Å². The second-order valence-electron chi connectivity index (χ2n) is 9.97. The number of anilines is 2. The predicted molar refractivity (Wildman–Crippen MR) is 143 cm³/mol. The summed E-state index contributed by atoms with van der Waals surface area (Å²) in [5, 5.41) is 13.9. The molecule has 0 spiro atoms. The number of fused-ring (bicyclic) bond motifs is 1. The zero-order chi connectivity index (χ0) is 28.0. The van der Waals surface area contributed by atoms with Gasteiger partial charge in [0.2, 0.25) is 0 Å². The Kier molecular flexibility index (Phi) is 6.62. The van der Waals surface area contributed by atoms with Crippen LogP contribution < -0.4 is 14.5 Å². The van der Waals surface area contributed by atoms with Crippen molar-refractivity contribution < 1.29 is 27.1 Å². The molecule has 0 radical (unpaired) electrons. The number of halogens is 2. The van der Waals surface area contributed by atoms with Gasteiger partial charge in [0.05, 0.1) is 29.4 Å². The maximum Gasteiger partial charge on any atom is 0.268 e. The number of benzene rings is 1. The molecule has 10 nitrogen and oxygen atoms in total. The first kappa shape index (κ1) is 26.1. The largest absolute Gasteiger partial charge is 0.391 e. The van der Waals surface area contributed by atoms with E-state index < -0.39 is 39.7 Å². The van der Waals surface area contributed by atoms with E-state index in [1.54, 1.807) is 18.3 Å². The Morgan fingerprint density at radius 1 is 1.05 bits per heavy atom. The molecule has 2 aliphatic rings. The van der Waals surface area contributed by atoms with E-state index in [-0.39, 0.29) is 16.0 Å². The van der Waals surface area contributed by atoms with Crippen molar-refractivity contribution in [1.82, 2.24) is 19.3 Å². The highest BCUT2D eigenvalue weighted by atomic mass is 32.2. The third-order valence-electron chi connectivity index (χ3n) is 7.40. The zero-order valence-electron chi connectivity index (χ0n) is 21.2. The number of pyridine rings is 2. The van der Waals surface area contributed by atoms with Crippen LogP contribution in [0, 0.1) is 11.6 Å². The Balaban J connectivity index is 1.24. The molecule has 3 aromatic heterocycles. The summed E-state index contributed by atoms with van der Waals surface area (Å²) in [4.78, 5) is 20.9. The molecular formula is C27H26F2N6O4S. The normalized spacial score (nSPS) is 19.5. The molecule has 5 heterocycles. The van der Waals surface area contributed by atoms with Gasteiger partial charge >= 0.3 is 0 Å². The van der Waals surface area contributed by atoms with E-state index >= 15 is 0 Å². The summed E-state index contributed by atoms with van der Waals surface area (Å²) in [7, 11) is -4.24. The molecule has 1 amide bonds. The number of aliphatic hydroxyl groups is 1. The molecule has 6 rings (SSSR count). The number of amides is 1. The van der Waals surface area contributed by atoms with Crippen LogP contribution in [0.3, 0.4) is 0 Å². The minimum absolute atomic E-state index is 0.0359. The lowest BCUT2D eigenvalue weighted by atomic mass is 10.0. The quantitative estimate of drug-likeness (QED) is 0.364. The first-order valence-electron chi connectivity index (χ1n) is 12.8. The second kappa shape index (κ2) is 10.1. The van der Waals surface area contributed by atoms with Crippen LogP contribution in [-0.4, -0.2) is 59.8 Å². The van der Waals surface area contributed by atoms with Gasteiger partial charge in [0.1, 0.15) is 22.3 Å². The smallest absolute Gasteiger partial charge is 0.268 e. The molecule has 2 saturated heterocycles. The SMILES string of the molecule is O=C(NS(=O)(=O)c1ccc(N2CCC(O)C2)nc1)c1cnn2ccc(N3CCCC3c3cc(F)ccc3F)cc12. The van der Waals surface area contributed by atoms with Crippen LogP contribution in [0.2, 0.25) is 0 Å². The van der Waals surface area contributed by atoms with Gasteiger partial charge in [-0.15, -0.1) is 0 Å². The van der Waals surface area contributed by atoms with Gasteiger partial charge in [-0.3, -0.25) is 4.79 Å². The Hall–Kier alpha value is -4.10. The van der Waals surface area contributed by atoms with Crippen LogP contribution in [0.25, 0.3) is 5.52 Å². The molecule has 208 valence electrons. The molecule has 1 aromatic carbocycles. The summed E-state index contributed by atoms with van der Waals surface area (Å²) < 4.78 is 57.9. The highest BCUT2D eigenvalue weighted by Gasteiger charge is 2.30. The van der Waals surface area contributed by atoms with Crippen molar-refractivity contribution in [2.24, 2.45) is 0 Å². The lowest BCUT2D eigenvalue weighted by Gasteiger charge is -2.27. The van der Waals surface area contributed by atoms with E-state index in [0.29, 0.717) is 49.5 Å². The number of hydrogen-bond acceptors (Lipinski definition) is 8. The number of nitrogens with zero attached hydrogens (tertiary/aromatic N) is 5. The van der Waals surface area contributed by atoms with Gasteiger partial charge < -0.3 is 14.9 Å². The van der Waals surface area contributed by atoms with E-state index in [2.05, 4.69) is 14.8 Å². The van der Waals surface area contributed by atoms with E-state index in [9.17, 15) is 27.1 Å². The molecule has 2 unspecified atom stereocenters. The number of carbonyl (C=O) groups is 1. The Bertz CT molecular complexity index is 1700. The average molecular weight is 569 g/mol. The maximum atomic E-state index is 14.6. The fourth-order valence-electron chi connectivity index (χ4n) is 5.40. The standard InChI is InChI=1S/C27H26F2N6O4S/c28-17-3-5-23(29)21(12-17)24-2-1-9-34(24)18-7-11-35-25(13-18)22(15-31-35)27(37)32-40(38,39)20-4-6-26(30-14-20)33-10-8-19(36)16-33/h3-7,11-15,19,24,36H,1-2,8-10,16H2,(H,32,37).